The molecule has 3 aromatic rings. The largest absolute Gasteiger partial charge is 0.465 e. The number of carbonyl (C=O) groups is 7. The van der Waals surface area contributed by atoms with E-state index in [1.165, 1.54) is 57.6 Å². The topological polar surface area (TPSA) is 171 Å². The van der Waals surface area contributed by atoms with Gasteiger partial charge in [-0.15, -0.1) is 0 Å². The highest BCUT2D eigenvalue weighted by Gasteiger charge is 2.31. The zero-order valence-corrected chi connectivity index (χ0v) is 21.4. The number of hydrogen-bond donors (Lipinski definition) is 2. The molecule has 0 bridgehead atoms. The normalized spacial score (nSPS) is 12.3. The molecule has 12 nitrogen and oxygen atoms in total. The Bertz CT molecular complexity index is 1440. The van der Waals surface area contributed by atoms with Crippen molar-refractivity contribution in [3.05, 3.63) is 106 Å². The first-order chi connectivity index (χ1) is 19.1. The number of cyclic esters (lactones) is 4. The lowest BCUT2D eigenvalue weighted by atomic mass is 10.1. The van der Waals surface area contributed by atoms with Crippen LogP contribution in [0, 0.1) is 0 Å². The maximum absolute atomic E-state index is 11.3. The summed E-state index contributed by atoms with van der Waals surface area (Å²) in [5.41, 5.74) is 1.92. The molecular weight excluding hydrogens is 524 g/mol. The van der Waals surface area contributed by atoms with Crippen LogP contribution in [0.25, 0.3) is 0 Å². The van der Waals surface area contributed by atoms with Crippen LogP contribution in [0.4, 0.5) is 0 Å². The number of ether oxygens (including phenoxy) is 3. The van der Waals surface area contributed by atoms with Crippen LogP contribution in [-0.2, 0) is 14.2 Å². The van der Waals surface area contributed by atoms with Crippen molar-refractivity contribution in [2.75, 3.05) is 21.2 Å². The van der Waals surface area contributed by atoms with Crippen molar-refractivity contribution in [3.63, 3.8) is 0 Å². The van der Waals surface area contributed by atoms with Crippen LogP contribution in [0.2, 0.25) is 0 Å². The SMILES string of the molecule is CNC(=O)c1ccc2c(c1)C(=O)OC2=O.CNC(=O)c1ccc2c(c1)C(=O)OC2=O.COC(=O)c1ccccc1. The van der Waals surface area contributed by atoms with Gasteiger partial charge in [0, 0.05) is 25.2 Å². The molecule has 2 aliphatic rings. The van der Waals surface area contributed by atoms with Crippen LogP contribution in [0.3, 0.4) is 0 Å². The summed E-state index contributed by atoms with van der Waals surface area (Å²) in [4.78, 5) is 77.8. The molecule has 0 fully saturated rings. The van der Waals surface area contributed by atoms with Crippen molar-refractivity contribution in [2.24, 2.45) is 0 Å². The van der Waals surface area contributed by atoms with Crippen molar-refractivity contribution < 1.29 is 47.8 Å². The lowest BCUT2D eigenvalue weighted by molar-refractivity contribution is 0.0425. The second kappa shape index (κ2) is 12.7. The highest BCUT2D eigenvalue weighted by Crippen LogP contribution is 2.22. The molecule has 0 aromatic heterocycles. The van der Waals surface area contributed by atoms with Crippen LogP contribution in [0.5, 0.6) is 0 Å². The van der Waals surface area contributed by atoms with E-state index in [9.17, 15) is 33.6 Å². The second-order valence-electron chi connectivity index (χ2n) is 7.89. The van der Waals surface area contributed by atoms with E-state index in [4.69, 9.17) is 0 Å². The van der Waals surface area contributed by atoms with Crippen LogP contribution in [-0.4, -0.2) is 62.9 Å². The quantitative estimate of drug-likeness (QED) is 0.282. The molecule has 0 radical (unpaired) electrons. The molecule has 0 atom stereocenters. The Morgan fingerprint density at radius 3 is 1.35 bits per heavy atom. The molecule has 2 N–H and O–H groups in total. The van der Waals surface area contributed by atoms with E-state index in [2.05, 4.69) is 24.8 Å². The number of fused-ring (bicyclic) bond motifs is 2. The van der Waals surface area contributed by atoms with Crippen molar-refractivity contribution in [2.45, 2.75) is 0 Å². The van der Waals surface area contributed by atoms with E-state index in [1.807, 2.05) is 6.07 Å². The van der Waals surface area contributed by atoms with Gasteiger partial charge in [-0.3, -0.25) is 9.59 Å². The molecule has 5 rings (SSSR count). The Morgan fingerprint density at radius 1 is 0.575 bits per heavy atom. The maximum Gasteiger partial charge on any atom is 0.346 e. The average Bonchev–Trinajstić information content (AvgIpc) is 3.44. The molecule has 2 amide bonds. The molecule has 3 aromatic carbocycles. The van der Waals surface area contributed by atoms with Gasteiger partial charge in [-0.25, -0.2) is 24.0 Å². The van der Waals surface area contributed by atoms with Crippen molar-refractivity contribution >= 4 is 41.7 Å². The molecule has 0 aliphatic carbocycles. The highest BCUT2D eigenvalue weighted by atomic mass is 16.6. The first kappa shape index (κ1) is 28.9. The number of amides is 2. The van der Waals surface area contributed by atoms with Gasteiger partial charge in [-0.1, -0.05) is 18.2 Å². The zero-order chi connectivity index (χ0) is 29.4. The number of nitrogens with one attached hydrogen (secondary N) is 2. The molecule has 40 heavy (non-hydrogen) atoms. The van der Waals surface area contributed by atoms with Gasteiger partial charge in [-0.2, -0.15) is 0 Å². The predicted molar refractivity (Wildman–Crippen MR) is 137 cm³/mol. The summed E-state index contributed by atoms with van der Waals surface area (Å²) in [5, 5.41) is 4.85. The third-order valence-corrected chi connectivity index (χ3v) is 5.46. The van der Waals surface area contributed by atoms with Gasteiger partial charge in [-0.05, 0) is 48.5 Å². The van der Waals surface area contributed by atoms with E-state index in [0.29, 0.717) is 16.7 Å². The summed E-state index contributed by atoms with van der Waals surface area (Å²) in [6, 6.07) is 17.3. The summed E-state index contributed by atoms with van der Waals surface area (Å²) < 4.78 is 13.3. The molecule has 0 spiro atoms. The minimum absolute atomic E-state index is 0.140. The lowest BCUT2D eigenvalue weighted by Gasteiger charge is -1.99. The Kier molecular flexibility index (Phi) is 9.21. The molecule has 0 saturated carbocycles. The molecule has 12 heteroatoms. The predicted octanol–water partition coefficient (Wildman–Crippen LogP) is 2.19. The molecular formula is C28H22N2O10. The first-order valence-electron chi connectivity index (χ1n) is 11.5. The Morgan fingerprint density at radius 2 is 0.975 bits per heavy atom. The number of methoxy groups -OCH3 is 1. The minimum Gasteiger partial charge on any atom is -0.465 e. The van der Waals surface area contributed by atoms with Gasteiger partial charge in [0.1, 0.15) is 0 Å². The third-order valence-electron chi connectivity index (χ3n) is 5.46. The number of rotatable bonds is 3. The van der Waals surface area contributed by atoms with Crippen molar-refractivity contribution in [3.8, 4) is 0 Å². The maximum atomic E-state index is 11.3. The third kappa shape index (κ3) is 6.42. The summed E-state index contributed by atoms with van der Waals surface area (Å²) in [5.74, 6) is -3.67. The van der Waals surface area contributed by atoms with E-state index in [0.717, 1.165) is 0 Å². The van der Waals surface area contributed by atoms with E-state index >= 15 is 0 Å². The molecule has 0 saturated heterocycles. The highest BCUT2D eigenvalue weighted by molar-refractivity contribution is 6.16. The fraction of sp³-hybridized carbons (Fsp3) is 0.107. The van der Waals surface area contributed by atoms with Crippen LogP contribution >= 0.6 is 0 Å². The van der Waals surface area contributed by atoms with Crippen LogP contribution < -0.4 is 10.6 Å². The average molecular weight is 546 g/mol. The van der Waals surface area contributed by atoms with Gasteiger partial charge < -0.3 is 24.8 Å². The fourth-order valence-electron chi connectivity index (χ4n) is 3.43. The monoisotopic (exact) mass is 546 g/mol. The van der Waals surface area contributed by atoms with Gasteiger partial charge in [0.15, 0.2) is 0 Å². The second-order valence-corrected chi connectivity index (χ2v) is 7.89. The van der Waals surface area contributed by atoms with Gasteiger partial charge in [0.25, 0.3) is 11.8 Å². The van der Waals surface area contributed by atoms with Crippen LogP contribution in [0.1, 0.15) is 72.5 Å². The lowest BCUT2D eigenvalue weighted by Crippen LogP contribution is -2.18. The Labute approximate surface area is 227 Å². The fourth-order valence-corrected chi connectivity index (χ4v) is 3.43. The number of esters is 5. The molecule has 2 aliphatic heterocycles. The summed E-state index contributed by atoms with van der Waals surface area (Å²) in [7, 11) is 4.34. The molecule has 204 valence electrons. The number of benzene rings is 3. The summed E-state index contributed by atoms with van der Waals surface area (Å²) in [6.07, 6.45) is 0. The van der Waals surface area contributed by atoms with E-state index in [1.54, 1.807) is 24.3 Å². The Balaban J connectivity index is 0.000000169. The van der Waals surface area contributed by atoms with E-state index in [-0.39, 0.29) is 40.0 Å². The minimum atomic E-state index is -0.708. The van der Waals surface area contributed by atoms with Crippen LogP contribution in [0.15, 0.2) is 66.7 Å². The summed E-state index contributed by atoms with van der Waals surface area (Å²) in [6.45, 7) is 0. The molecule has 0 unspecified atom stereocenters. The zero-order valence-electron chi connectivity index (χ0n) is 21.4. The summed E-state index contributed by atoms with van der Waals surface area (Å²) >= 11 is 0. The number of carbonyl (C=O) groups excluding carboxylic acids is 7. The Hall–Kier alpha value is -5.65. The van der Waals surface area contributed by atoms with Crippen molar-refractivity contribution in [1.82, 2.24) is 10.6 Å². The van der Waals surface area contributed by atoms with Crippen molar-refractivity contribution in [1.29, 1.82) is 0 Å². The first-order valence-corrected chi connectivity index (χ1v) is 11.5. The van der Waals surface area contributed by atoms with Gasteiger partial charge in [0.05, 0.1) is 34.9 Å². The molecule has 2 heterocycles. The standard InChI is InChI=1S/2C10H7NO4.C8H8O2/c2*1-11-8(12)5-2-3-6-7(4-5)10(14)15-9(6)13;1-10-8(9)7-5-3-2-4-6-7/h2*2-4H,1H3,(H,11,12);2-6H,1H3. The van der Waals surface area contributed by atoms with Gasteiger partial charge in [0.2, 0.25) is 0 Å². The van der Waals surface area contributed by atoms with E-state index < -0.39 is 23.9 Å². The smallest absolute Gasteiger partial charge is 0.346 e. The number of hydrogen-bond acceptors (Lipinski definition) is 10. The van der Waals surface area contributed by atoms with Gasteiger partial charge >= 0.3 is 29.8 Å².